The number of carbonyl (C=O) groups is 2. The molecule has 3 rings (SSSR count). The van der Waals surface area contributed by atoms with Crippen LogP contribution in [0.2, 0.25) is 0 Å². The van der Waals surface area contributed by atoms with Crippen LogP contribution in [0.15, 0.2) is 45.8 Å². The van der Waals surface area contributed by atoms with E-state index < -0.39 is 11.8 Å². The van der Waals surface area contributed by atoms with Gasteiger partial charge in [-0.15, -0.1) is 0 Å². The van der Waals surface area contributed by atoms with E-state index in [1.807, 2.05) is 32.0 Å². The number of nitrogens with zero attached hydrogens (tertiary/aromatic N) is 1. The number of hydrogen-bond acceptors (Lipinski definition) is 6. The summed E-state index contributed by atoms with van der Waals surface area (Å²) in [7, 11) is 1.55. The van der Waals surface area contributed by atoms with Gasteiger partial charge in [-0.05, 0) is 77.4 Å². The summed E-state index contributed by atoms with van der Waals surface area (Å²) in [5, 5.41) is 1.10. The van der Waals surface area contributed by atoms with Gasteiger partial charge in [0.2, 0.25) is 0 Å². The normalized spacial score (nSPS) is 14.9. The van der Waals surface area contributed by atoms with Crippen molar-refractivity contribution in [3.05, 3.63) is 62.5 Å². The lowest BCUT2D eigenvalue weighted by Gasteiger charge is -2.16. The van der Waals surface area contributed by atoms with E-state index in [9.17, 15) is 9.59 Å². The number of benzene rings is 2. The number of methoxy groups -OCH3 is 1. The number of amides is 2. The van der Waals surface area contributed by atoms with Crippen molar-refractivity contribution in [2.45, 2.75) is 13.8 Å². The molecular weight excluding hydrogens is 488 g/mol. The molecule has 1 heterocycles. The Kier molecular flexibility index (Phi) is 7.17. The Morgan fingerprint density at radius 1 is 1.33 bits per heavy atom. The summed E-state index contributed by atoms with van der Waals surface area (Å²) in [5.41, 5.74) is 4.62. The number of ether oxygens (including phenoxy) is 2. The number of thioether (sulfide) groups is 1. The molecule has 1 saturated heterocycles. The zero-order chi connectivity index (χ0) is 21.8. The molecule has 0 unspecified atom stereocenters. The molecule has 1 aliphatic heterocycles. The molecule has 1 N–H and O–H groups in total. The molecule has 156 valence electrons. The topological polar surface area (TPSA) is 67.9 Å². The first-order chi connectivity index (χ1) is 14.3. The number of halogens is 1. The summed E-state index contributed by atoms with van der Waals surface area (Å²) in [6, 6.07) is 10.7. The van der Waals surface area contributed by atoms with E-state index >= 15 is 0 Å². The van der Waals surface area contributed by atoms with Gasteiger partial charge < -0.3 is 9.47 Å². The second-order valence-electron chi connectivity index (χ2n) is 6.24. The van der Waals surface area contributed by atoms with Gasteiger partial charge in [0.15, 0.2) is 15.8 Å². The molecule has 0 atom stereocenters. The molecule has 0 spiro atoms. The van der Waals surface area contributed by atoms with Crippen LogP contribution in [0.5, 0.6) is 11.5 Å². The molecule has 6 nitrogen and oxygen atoms in total. The summed E-state index contributed by atoms with van der Waals surface area (Å²) < 4.78 is 12.0. The van der Waals surface area contributed by atoms with Crippen LogP contribution >= 0.6 is 39.9 Å². The average Bonchev–Trinajstić information content (AvgIpc) is 2.97. The van der Waals surface area contributed by atoms with Gasteiger partial charge in [-0.3, -0.25) is 15.0 Å². The van der Waals surface area contributed by atoms with Gasteiger partial charge in [-0.2, -0.15) is 5.01 Å². The Bertz CT molecular complexity index is 1060. The highest BCUT2D eigenvalue weighted by Gasteiger charge is 2.34. The molecule has 0 radical (unpaired) electrons. The molecule has 0 bridgehead atoms. The van der Waals surface area contributed by atoms with Crippen LogP contribution in [0.3, 0.4) is 0 Å². The Morgan fingerprint density at radius 2 is 2.07 bits per heavy atom. The third-order valence-electron chi connectivity index (χ3n) is 4.23. The maximum absolute atomic E-state index is 12.8. The van der Waals surface area contributed by atoms with Crippen molar-refractivity contribution >= 4 is 62.1 Å². The first-order valence-corrected chi connectivity index (χ1v) is 11.0. The van der Waals surface area contributed by atoms with Gasteiger partial charge in [0, 0.05) is 5.56 Å². The zero-order valence-corrected chi connectivity index (χ0v) is 19.7. The molecule has 0 aliphatic carbocycles. The molecule has 1 aliphatic rings. The molecule has 0 saturated carbocycles. The van der Waals surface area contributed by atoms with Crippen LogP contribution in [0.4, 0.5) is 0 Å². The molecule has 9 heteroatoms. The number of thiocarbonyl (C=S) groups is 1. The first kappa shape index (κ1) is 22.3. The fourth-order valence-electron chi connectivity index (χ4n) is 2.81. The summed E-state index contributed by atoms with van der Waals surface area (Å²) in [5.74, 6) is 0.350. The quantitative estimate of drug-likeness (QED) is 0.451. The molecule has 0 aromatic heterocycles. The Morgan fingerprint density at radius 3 is 2.73 bits per heavy atom. The van der Waals surface area contributed by atoms with Crippen molar-refractivity contribution in [3.63, 3.8) is 0 Å². The Hall–Kier alpha value is -2.36. The summed E-state index contributed by atoms with van der Waals surface area (Å²) in [6.45, 7) is 4.21. The monoisotopic (exact) mass is 506 g/mol. The lowest BCUT2D eigenvalue weighted by molar-refractivity contribution is -0.123. The second-order valence-corrected chi connectivity index (χ2v) is 8.77. The number of carbonyl (C=O) groups excluding carboxylic acids is 2. The maximum atomic E-state index is 12.8. The fraction of sp³-hybridized carbons (Fsp3) is 0.190. The van der Waals surface area contributed by atoms with Crippen molar-refractivity contribution in [2.75, 3.05) is 13.7 Å². The van der Waals surface area contributed by atoms with Crippen molar-refractivity contribution in [1.82, 2.24) is 10.4 Å². The predicted octanol–water partition coefficient (Wildman–Crippen LogP) is 4.71. The van der Waals surface area contributed by atoms with Gasteiger partial charge in [-0.1, -0.05) is 30.0 Å². The van der Waals surface area contributed by atoms with Crippen molar-refractivity contribution in [2.24, 2.45) is 0 Å². The average molecular weight is 507 g/mol. The zero-order valence-electron chi connectivity index (χ0n) is 16.5. The highest BCUT2D eigenvalue weighted by Crippen LogP contribution is 2.39. The lowest BCUT2D eigenvalue weighted by atomic mass is 10.1. The predicted molar refractivity (Wildman–Crippen MR) is 126 cm³/mol. The molecule has 2 aromatic rings. The third kappa shape index (κ3) is 4.69. The molecule has 2 amide bonds. The smallest absolute Gasteiger partial charge is 0.285 e. The minimum Gasteiger partial charge on any atom is -0.493 e. The molecule has 2 aromatic carbocycles. The number of hydrogen-bond donors (Lipinski definition) is 1. The standard InChI is InChI=1S/C21H19BrN2O4S2/c1-4-28-18-15(22)9-13(10-16(18)27-3)11-17-20(26)24(21(29)30-17)23-19(25)14-8-6-5-7-12(14)2/h5-11H,4H2,1-3H3,(H,23,25)/b17-11-. The summed E-state index contributed by atoms with van der Waals surface area (Å²) in [4.78, 5) is 25.8. The van der Waals surface area contributed by atoms with E-state index in [2.05, 4.69) is 21.4 Å². The molecule has 1 fully saturated rings. The number of hydrazine groups is 1. The van der Waals surface area contributed by atoms with Gasteiger partial charge >= 0.3 is 0 Å². The van der Waals surface area contributed by atoms with E-state index in [4.69, 9.17) is 21.7 Å². The number of nitrogens with one attached hydrogen (secondary N) is 1. The Labute approximate surface area is 192 Å². The molecular formula is C21H19BrN2O4S2. The van der Waals surface area contributed by atoms with E-state index in [1.54, 1.807) is 31.4 Å². The van der Waals surface area contributed by atoms with Crippen LogP contribution in [-0.4, -0.2) is 34.9 Å². The van der Waals surface area contributed by atoms with Gasteiger partial charge in [-0.25, -0.2) is 0 Å². The minimum atomic E-state index is -0.393. The first-order valence-electron chi connectivity index (χ1n) is 9.00. The second kappa shape index (κ2) is 9.63. The van der Waals surface area contributed by atoms with Crippen LogP contribution < -0.4 is 14.9 Å². The lowest BCUT2D eigenvalue weighted by Crippen LogP contribution is -2.45. The van der Waals surface area contributed by atoms with Crippen LogP contribution in [0.25, 0.3) is 6.08 Å². The van der Waals surface area contributed by atoms with Crippen LogP contribution in [0, 0.1) is 6.92 Å². The maximum Gasteiger partial charge on any atom is 0.285 e. The van der Waals surface area contributed by atoms with E-state index in [0.717, 1.165) is 27.9 Å². The van der Waals surface area contributed by atoms with E-state index in [1.165, 1.54) is 0 Å². The Balaban J connectivity index is 1.84. The van der Waals surface area contributed by atoms with Gasteiger partial charge in [0.1, 0.15) is 0 Å². The largest absolute Gasteiger partial charge is 0.493 e. The van der Waals surface area contributed by atoms with Gasteiger partial charge in [0.05, 0.1) is 23.1 Å². The van der Waals surface area contributed by atoms with Crippen molar-refractivity contribution in [3.8, 4) is 11.5 Å². The van der Waals surface area contributed by atoms with Crippen LogP contribution in [-0.2, 0) is 4.79 Å². The summed E-state index contributed by atoms with van der Waals surface area (Å²) >= 11 is 9.89. The SMILES string of the molecule is CCOc1c(Br)cc(/C=C2\SC(=S)N(NC(=O)c3ccccc3C)C2=O)cc1OC. The minimum absolute atomic E-state index is 0.255. The van der Waals surface area contributed by atoms with Crippen molar-refractivity contribution in [1.29, 1.82) is 0 Å². The number of aryl methyl sites for hydroxylation is 1. The number of rotatable bonds is 6. The molecule has 30 heavy (non-hydrogen) atoms. The highest BCUT2D eigenvalue weighted by molar-refractivity contribution is 9.10. The summed E-state index contributed by atoms with van der Waals surface area (Å²) in [6.07, 6.45) is 1.70. The van der Waals surface area contributed by atoms with Crippen molar-refractivity contribution < 1.29 is 19.1 Å². The van der Waals surface area contributed by atoms with E-state index in [-0.39, 0.29) is 4.32 Å². The van der Waals surface area contributed by atoms with Crippen LogP contribution in [0.1, 0.15) is 28.4 Å². The van der Waals surface area contributed by atoms with E-state index in [0.29, 0.717) is 33.0 Å². The van der Waals surface area contributed by atoms with Gasteiger partial charge in [0.25, 0.3) is 11.8 Å². The fourth-order valence-corrected chi connectivity index (χ4v) is 4.57. The highest BCUT2D eigenvalue weighted by atomic mass is 79.9. The third-order valence-corrected chi connectivity index (χ3v) is 6.13.